The van der Waals surface area contributed by atoms with Crippen molar-refractivity contribution in [3.63, 3.8) is 0 Å². The Balaban J connectivity index is 2.61. The van der Waals surface area contributed by atoms with E-state index in [1.807, 2.05) is 32.9 Å². The molecule has 0 aliphatic carbocycles. The summed E-state index contributed by atoms with van der Waals surface area (Å²) in [5, 5.41) is 0. The molecule has 0 aromatic heterocycles. The Labute approximate surface area is 125 Å². The van der Waals surface area contributed by atoms with Crippen molar-refractivity contribution in [2.45, 2.75) is 20.8 Å². The zero-order chi connectivity index (χ0) is 15.0. The largest absolute Gasteiger partial charge is 0.396 e. The second-order valence-electron chi connectivity index (χ2n) is 4.96. The van der Waals surface area contributed by atoms with Gasteiger partial charge >= 0.3 is 0 Å². The second kappa shape index (κ2) is 5.37. The van der Waals surface area contributed by atoms with Crippen molar-refractivity contribution in [1.82, 2.24) is 0 Å². The van der Waals surface area contributed by atoms with E-state index in [9.17, 15) is 9.18 Å². The summed E-state index contributed by atoms with van der Waals surface area (Å²) in [5.74, 6) is -0.690. The smallest absolute Gasteiger partial charge is 0.194 e. The first kappa shape index (κ1) is 14.7. The molecule has 0 radical (unpaired) electrons. The minimum Gasteiger partial charge on any atom is -0.396 e. The minimum absolute atomic E-state index is 0.0287. The van der Waals surface area contributed by atoms with Crippen LogP contribution in [0.25, 0.3) is 0 Å². The molecule has 0 amide bonds. The molecule has 0 aliphatic heterocycles. The summed E-state index contributed by atoms with van der Waals surface area (Å²) in [4.78, 5) is 12.7. The zero-order valence-electron chi connectivity index (χ0n) is 11.6. The maximum absolute atomic E-state index is 13.4. The fraction of sp³-hybridized carbons (Fsp3) is 0.188. The van der Waals surface area contributed by atoms with E-state index in [1.165, 1.54) is 12.1 Å². The van der Waals surface area contributed by atoms with E-state index in [2.05, 4.69) is 15.9 Å². The molecule has 4 heteroatoms. The highest BCUT2D eigenvalue weighted by molar-refractivity contribution is 9.10. The number of hydrogen-bond donors (Lipinski definition) is 1. The van der Waals surface area contributed by atoms with Crippen molar-refractivity contribution in [3.8, 4) is 0 Å². The highest BCUT2D eigenvalue weighted by atomic mass is 79.9. The van der Waals surface area contributed by atoms with Gasteiger partial charge in [0.15, 0.2) is 5.78 Å². The molecular formula is C16H15BrFNO. The Hall–Kier alpha value is -1.68. The van der Waals surface area contributed by atoms with E-state index >= 15 is 0 Å². The molecular weight excluding hydrogens is 321 g/mol. The molecule has 0 spiro atoms. The van der Waals surface area contributed by atoms with Gasteiger partial charge in [-0.25, -0.2) is 4.39 Å². The normalized spacial score (nSPS) is 10.7. The molecule has 0 heterocycles. The lowest BCUT2D eigenvalue weighted by Gasteiger charge is -2.12. The Morgan fingerprint density at radius 1 is 1.10 bits per heavy atom. The van der Waals surface area contributed by atoms with E-state index in [0.717, 1.165) is 16.7 Å². The third kappa shape index (κ3) is 2.61. The van der Waals surface area contributed by atoms with Gasteiger partial charge in [0.05, 0.1) is 5.69 Å². The van der Waals surface area contributed by atoms with Crippen LogP contribution in [0.15, 0.2) is 28.7 Å². The van der Waals surface area contributed by atoms with Gasteiger partial charge in [0.25, 0.3) is 0 Å². The number of benzene rings is 2. The zero-order valence-corrected chi connectivity index (χ0v) is 13.1. The van der Waals surface area contributed by atoms with Crippen molar-refractivity contribution in [2.75, 3.05) is 5.73 Å². The van der Waals surface area contributed by atoms with Crippen molar-refractivity contribution in [3.05, 3.63) is 62.4 Å². The third-order valence-corrected chi connectivity index (χ3v) is 3.89. The number of aryl methyl sites for hydroxylation is 3. The molecule has 0 unspecified atom stereocenters. The molecule has 0 saturated carbocycles. The lowest BCUT2D eigenvalue weighted by molar-refractivity contribution is 0.103. The standard InChI is InChI=1S/C16H15BrFNO/c1-8-4-9(2)15(10(3)5-8)16(20)11-6-14(19)13(18)7-12(11)17/h4-7H,19H2,1-3H3. The van der Waals surface area contributed by atoms with Gasteiger partial charge in [0.1, 0.15) is 5.82 Å². The molecule has 0 saturated heterocycles. The molecule has 0 bridgehead atoms. The maximum Gasteiger partial charge on any atom is 0.194 e. The Morgan fingerprint density at radius 3 is 2.20 bits per heavy atom. The highest BCUT2D eigenvalue weighted by Gasteiger charge is 2.19. The first-order valence-electron chi connectivity index (χ1n) is 6.18. The number of rotatable bonds is 2. The van der Waals surface area contributed by atoms with Gasteiger partial charge < -0.3 is 5.73 Å². The number of hydrogen-bond acceptors (Lipinski definition) is 2. The third-order valence-electron chi connectivity index (χ3n) is 3.24. The van der Waals surface area contributed by atoms with E-state index < -0.39 is 5.82 Å². The highest BCUT2D eigenvalue weighted by Crippen LogP contribution is 2.27. The number of anilines is 1. The lowest BCUT2D eigenvalue weighted by Crippen LogP contribution is -2.09. The SMILES string of the molecule is Cc1cc(C)c(C(=O)c2cc(N)c(F)cc2Br)c(C)c1. The van der Waals surface area contributed by atoms with E-state index in [0.29, 0.717) is 15.6 Å². The molecule has 2 aromatic carbocycles. The Bertz CT molecular complexity index is 687. The van der Waals surface area contributed by atoms with Gasteiger partial charge in [-0.1, -0.05) is 17.7 Å². The second-order valence-corrected chi connectivity index (χ2v) is 5.81. The molecule has 0 atom stereocenters. The van der Waals surface area contributed by atoms with Crippen LogP contribution in [0, 0.1) is 26.6 Å². The van der Waals surface area contributed by atoms with Crippen LogP contribution in [0.2, 0.25) is 0 Å². The molecule has 2 N–H and O–H groups in total. The summed E-state index contributed by atoms with van der Waals surface area (Å²) in [6.45, 7) is 5.78. The predicted octanol–water partition coefficient (Wildman–Crippen LogP) is 4.33. The molecule has 2 aromatic rings. The average molecular weight is 336 g/mol. The van der Waals surface area contributed by atoms with Crippen LogP contribution < -0.4 is 5.73 Å². The molecule has 20 heavy (non-hydrogen) atoms. The molecule has 0 fully saturated rings. The molecule has 2 nitrogen and oxygen atoms in total. The Morgan fingerprint density at radius 2 is 1.65 bits per heavy atom. The number of ketones is 1. The molecule has 104 valence electrons. The topological polar surface area (TPSA) is 43.1 Å². The number of halogens is 2. The Kier molecular flexibility index (Phi) is 3.95. The molecule has 0 aliphatic rings. The van der Waals surface area contributed by atoms with Crippen LogP contribution in [0.1, 0.15) is 32.6 Å². The van der Waals surface area contributed by atoms with Crippen molar-refractivity contribution in [1.29, 1.82) is 0 Å². The van der Waals surface area contributed by atoms with Gasteiger partial charge in [-0.15, -0.1) is 0 Å². The van der Waals surface area contributed by atoms with Gasteiger partial charge in [-0.05, 0) is 60.0 Å². The van der Waals surface area contributed by atoms with Crippen LogP contribution in [-0.2, 0) is 0 Å². The summed E-state index contributed by atoms with van der Waals surface area (Å²) in [7, 11) is 0. The first-order chi connectivity index (χ1) is 9.31. The fourth-order valence-corrected chi connectivity index (χ4v) is 2.91. The summed E-state index contributed by atoms with van der Waals surface area (Å²) in [6, 6.07) is 6.52. The summed E-state index contributed by atoms with van der Waals surface area (Å²) < 4.78 is 13.8. The van der Waals surface area contributed by atoms with Gasteiger partial charge in [-0.2, -0.15) is 0 Å². The van der Waals surface area contributed by atoms with Crippen LogP contribution in [0.4, 0.5) is 10.1 Å². The fourth-order valence-electron chi connectivity index (χ4n) is 2.41. The van der Waals surface area contributed by atoms with Gasteiger partial charge in [0.2, 0.25) is 0 Å². The summed E-state index contributed by atoms with van der Waals surface area (Å²) in [6.07, 6.45) is 0. The van der Waals surface area contributed by atoms with E-state index in [-0.39, 0.29) is 11.5 Å². The number of carbonyl (C=O) groups is 1. The van der Waals surface area contributed by atoms with Crippen molar-refractivity contribution in [2.24, 2.45) is 0 Å². The predicted molar refractivity (Wildman–Crippen MR) is 82.6 cm³/mol. The van der Waals surface area contributed by atoms with Crippen LogP contribution >= 0.6 is 15.9 Å². The average Bonchev–Trinajstić information content (AvgIpc) is 2.32. The number of nitrogens with two attached hydrogens (primary N) is 1. The minimum atomic E-state index is -0.536. The quantitative estimate of drug-likeness (QED) is 0.655. The van der Waals surface area contributed by atoms with Gasteiger partial charge in [-0.3, -0.25) is 4.79 Å². The van der Waals surface area contributed by atoms with E-state index in [1.54, 1.807) is 0 Å². The lowest BCUT2D eigenvalue weighted by atomic mass is 9.93. The van der Waals surface area contributed by atoms with Crippen LogP contribution in [-0.4, -0.2) is 5.78 Å². The first-order valence-corrected chi connectivity index (χ1v) is 6.97. The van der Waals surface area contributed by atoms with E-state index in [4.69, 9.17) is 5.73 Å². The number of carbonyl (C=O) groups excluding carboxylic acids is 1. The monoisotopic (exact) mass is 335 g/mol. The summed E-state index contributed by atoms with van der Waals surface area (Å²) >= 11 is 3.23. The number of nitrogen functional groups attached to an aromatic ring is 1. The maximum atomic E-state index is 13.4. The van der Waals surface area contributed by atoms with Crippen LogP contribution in [0.3, 0.4) is 0 Å². The van der Waals surface area contributed by atoms with Gasteiger partial charge in [0, 0.05) is 15.6 Å². The molecule has 2 rings (SSSR count). The van der Waals surface area contributed by atoms with Crippen molar-refractivity contribution >= 4 is 27.4 Å². The summed E-state index contributed by atoms with van der Waals surface area (Å²) in [5.41, 5.74) is 9.46. The van der Waals surface area contributed by atoms with Crippen molar-refractivity contribution < 1.29 is 9.18 Å². The van der Waals surface area contributed by atoms with Crippen LogP contribution in [0.5, 0.6) is 0 Å².